The van der Waals surface area contributed by atoms with Crippen molar-refractivity contribution in [1.29, 1.82) is 0 Å². The summed E-state index contributed by atoms with van der Waals surface area (Å²) < 4.78 is 7.79. The molecule has 0 unspecified atom stereocenters. The summed E-state index contributed by atoms with van der Waals surface area (Å²) in [4.78, 5) is 0. The number of hydrogen-bond acceptors (Lipinski definition) is 2. The Balaban J connectivity index is 1.11. The summed E-state index contributed by atoms with van der Waals surface area (Å²) in [5, 5.41) is 7.82. The van der Waals surface area contributed by atoms with Crippen molar-refractivity contribution in [2.45, 2.75) is 0 Å². The van der Waals surface area contributed by atoms with Gasteiger partial charge in [-0.3, -0.25) is 0 Å². The lowest BCUT2D eigenvalue weighted by Gasteiger charge is -2.10. The Bertz CT molecular complexity index is 3030. The minimum absolute atomic E-state index is 1.22. The zero-order valence-corrected chi connectivity index (χ0v) is 29.1. The molecule has 3 heterocycles. The number of aromatic nitrogens is 1. The summed E-state index contributed by atoms with van der Waals surface area (Å²) in [5.74, 6) is 0. The van der Waals surface area contributed by atoms with Crippen molar-refractivity contribution in [3.63, 3.8) is 0 Å². The van der Waals surface area contributed by atoms with E-state index in [9.17, 15) is 0 Å². The molecule has 0 N–H and O–H groups in total. The molecule has 11 rings (SSSR count). The van der Waals surface area contributed by atoms with Gasteiger partial charge in [-0.2, -0.15) is 0 Å². The van der Waals surface area contributed by atoms with Crippen LogP contribution < -0.4 is 0 Å². The maximum Gasteiger partial charge on any atom is 0.0640 e. The van der Waals surface area contributed by atoms with Crippen LogP contribution in [0, 0.1) is 0 Å². The van der Waals surface area contributed by atoms with Gasteiger partial charge in [0.05, 0.1) is 21.4 Å². The fourth-order valence-electron chi connectivity index (χ4n) is 7.95. The van der Waals surface area contributed by atoms with Gasteiger partial charge in [-0.1, -0.05) is 127 Å². The Morgan fingerprint density at radius 1 is 0.294 bits per heavy atom. The van der Waals surface area contributed by atoms with Gasteiger partial charge in [0, 0.05) is 46.4 Å². The molecule has 3 aromatic heterocycles. The minimum atomic E-state index is 1.22. The largest absolute Gasteiger partial charge is 0.308 e. The van der Waals surface area contributed by atoms with Gasteiger partial charge < -0.3 is 4.57 Å². The van der Waals surface area contributed by atoms with Gasteiger partial charge in [-0.05, 0) is 81.9 Å². The van der Waals surface area contributed by atoms with Crippen LogP contribution in [0.25, 0.3) is 101 Å². The van der Waals surface area contributed by atoms with Crippen molar-refractivity contribution >= 4 is 84.8 Å². The number of rotatable bonds is 4. The molecule has 0 spiro atoms. The molecule has 0 saturated heterocycles. The first kappa shape index (κ1) is 28.8. The molecule has 8 aromatic carbocycles. The summed E-state index contributed by atoms with van der Waals surface area (Å²) in [7, 11) is 0. The summed E-state index contributed by atoms with van der Waals surface area (Å²) >= 11 is 3.78. The van der Waals surface area contributed by atoms with E-state index in [4.69, 9.17) is 0 Å². The van der Waals surface area contributed by atoms with Gasteiger partial charge in [0.15, 0.2) is 0 Å². The number of nitrogens with zero attached hydrogens (tertiary/aromatic N) is 1. The molecule has 0 aliphatic carbocycles. The molecule has 3 heteroatoms. The van der Waals surface area contributed by atoms with Crippen molar-refractivity contribution in [3.05, 3.63) is 176 Å². The second kappa shape index (κ2) is 11.3. The highest BCUT2D eigenvalue weighted by Crippen LogP contribution is 2.44. The van der Waals surface area contributed by atoms with E-state index in [-0.39, 0.29) is 0 Å². The van der Waals surface area contributed by atoms with Gasteiger partial charge in [-0.25, -0.2) is 0 Å². The molecule has 0 aliphatic heterocycles. The molecule has 0 amide bonds. The lowest BCUT2D eigenvalue weighted by Crippen LogP contribution is -1.94. The Morgan fingerprint density at radius 3 is 1.43 bits per heavy atom. The summed E-state index contributed by atoms with van der Waals surface area (Å²) in [6, 6.07) is 64.8. The van der Waals surface area contributed by atoms with Crippen LogP contribution in [0.4, 0.5) is 0 Å². The van der Waals surface area contributed by atoms with Crippen LogP contribution >= 0.6 is 22.7 Å². The van der Waals surface area contributed by atoms with Gasteiger partial charge in [0.25, 0.3) is 0 Å². The molecular weight excluding hydrogens is 655 g/mol. The second-order valence-electron chi connectivity index (χ2n) is 13.3. The maximum absolute atomic E-state index is 2.49. The number of fused-ring (bicyclic) bond motifs is 9. The molecule has 238 valence electrons. The lowest BCUT2D eigenvalue weighted by molar-refractivity contribution is 1.20. The van der Waals surface area contributed by atoms with E-state index in [0.717, 1.165) is 0 Å². The molecule has 0 saturated carbocycles. The Hall–Kier alpha value is -6.00. The third-order valence-electron chi connectivity index (χ3n) is 10.4. The van der Waals surface area contributed by atoms with Crippen LogP contribution in [0.2, 0.25) is 0 Å². The average Bonchev–Trinajstić information content (AvgIpc) is 3.87. The van der Waals surface area contributed by atoms with Crippen molar-refractivity contribution in [3.8, 4) is 39.1 Å². The molecule has 1 nitrogen and oxygen atoms in total. The summed E-state index contributed by atoms with van der Waals surface area (Å²) in [5.41, 5.74) is 11.1. The highest BCUT2D eigenvalue weighted by Gasteiger charge is 2.18. The standard InChI is InChI=1S/C48H29NS2/c1-3-10-30(11-4-1)32-20-24-42-40(26-32)41-27-33(31-12-5-2-6-13-31)21-25-43(41)49(42)44-16-9-15-39-38-23-19-35(29-47(38)51-48(39)44)34-18-22-37-36-14-7-8-17-45(36)50-46(37)28-34/h1-29H. The molecule has 0 atom stereocenters. The normalized spacial score (nSPS) is 11.9. The molecule has 11 aromatic rings. The van der Waals surface area contributed by atoms with Crippen LogP contribution in [0.3, 0.4) is 0 Å². The number of benzene rings is 8. The SMILES string of the molecule is c1ccc(-c2ccc3c(c2)c2cc(-c4ccccc4)ccc2n3-c2cccc3c2sc2cc(-c4ccc5c(c4)sc4ccccc45)ccc23)cc1. The topological polar surface area (TPSA) is 4.93 Å². The van der Waals surface area contributed by atoms with Crippen molar-refractivity contribution in [2.24, 2.45) is 0 Å². The smallest absolute Gasteiger partial charge is 0.0640 e. The zero-order chi connectivity index (χ0) is 33.5. The molecule has 0 aliphatic rings. The number of hydrogen-bond donors (Lipinski definition) is 0. The highest BCUT2D eigenvalue weighted by molar-refractivity contribution is 7.26. The van der Waals surface area contributed by atoms with Crippen molar-refractivity contribution in [2.75, 3.05) is 0 Å². The average molecular weight is 684 g/mol. The van der Waals surface area contributed by atoms with Crippen LogP contribution in [-0.2, 0) is 0 Å². The lowest BCUT2D eigenvalue weighted by atomic mass is 10.0. The summed E-state index contributed by atoms with van der Waals surface area (Å²) in [6.45, 7) is 0. The van der Waals surface area contributed by atoms with Crippen LogP contribution in [0.5, 0.6) is 0 Å². The molecule has 0 fully saturated rings. The van der Waals surface area contributed by atoms with Crippen LogP contribution in [0.1, 0.15) is 0 Å². The van der Waals surface area contributed by atoms with Gasteiger partial charge in [0.2, 0.25) is 0 Å². The third-order valence-corrected chi connectivity index (χ3v) is 12.7. The molecule has 51 heavy (non-hydrogen) atoms. The first-order valence-corrected chi connectivity index (χ1v) is 19.0. The quantitative estimate of drug-likeness (QED) is 0.174. The fourth-order valence-corrected chi connectivity index (χ4v) is 10.3. The Labute approximate surface area is 302 Å². The predicted octanol–water partition coefficient (Wildman–Crippen LogP) is 14.5. The van der Waals surface area contributed by atoms with E-state index in [2.05, 4.69) is 180 Å². The van der Waals surface area contributed by atoms with Crippen LogP contribution in [-0.4, -0.2) is 4.57 Å². The molecule has 0 bridgehead atoms. The predicted molar refractivity (Wildman–Crippen MR) is 223 cm³/mol. The minimum Gasteiger partial charge on any atom is -0.308 e. The fraction of sp³-hybridized carbons (Fsp3) is 0. The van der Waals surface area contributed by atoms with Gasteiger partial charge >= 0.3 is 0 Å². The third kappa shape index (κ3) is 4.52. The van der Waals surface area contributed by atoms with Gasteiger partial charge in [-0.15, -0.1) is 22.7 Å². The van der Waals surface area contributed by atoms with Crippen LogP contribution in [0.15, 0.2) is 176 Å². The first-order chi connectivity index (χ1) is 25.3. The van der Waals surface area contributed by atoms with E-state index < -0.39 is 0 Å². The number of thiophene rings is 2. The highest BCUT2D eigenvalue weighted by atomic mass is 32.1. The summed E-state index contributed by atoms with van der Waals surface area (Å²) in [6.07, 6.45) is 0. The zero-order valence-electron chi connectivity index (χ0n) is 27.5. The van der Waals surface area contributed by atoms with E-state index in [1.165, 1.54) is 101 Å². The maximum atomic E-state index is 2.49. The monoisotopic (exact) mass is 683 g/mol. The molecule has 0 radical (unpaired) electrons. The first-order valence-electron chi connectivity index (χ1n) is 17.3. The Morgan fingerprint density at radius 2 is 0.784 bits per heavy atom. The Kier molecular flexibility index (Phi) is 6.36. The van der Waals surface area contributed by atoms with Crippen molar-refractivity contribution in [1.82, 2.24) is 4.57 Å². The van der Waals surface area contributed by atoms with Crippen molar-refractivity contribution < 1.29 is 0 Å². The van der Waals surface area contributed by atoms with E-state index in [1.54, 1.807) is 0 Å². The van der Waals surface area contributed by atoms with Gasteiger partial charge in [0.1, 0.15) is 0 Å². The van der Waals surface area contributed by atoms with E-state index in [1.807, 2.05) is 22.7 Å². The van der Waals surface area contributed by atoms with E-state index >= 15 is 0 Å². The van der Waals surface area contributed by atoms with E-state index in [0.29, 0.717) is 0 Å². The second-order valence-corrected chi connectivity index (χ2v) is 15.4. The molecular formula is C48H29NS2.